The molecular weight excluding hydrogens is 368 g/mol. The highest BCUT2D eigenvalue weighted by Gasteiger charge is 2.20. The van der Waals surface area contributed by atoms with Crippen LogP contribution in [-0.4, -0.2) is 87.8 Å². The molecular formula is C21H38N6S. The minimum atomic E-state index is 0.523. The average molecular weight is 407 g/mol. The van der Waals surface area contributed by atoms with Crippen LogP contribution < -0.4 is 15.5 Å². The van der Waals surface area contributed by atoms with E-state index in [-0.39, 0.29) is 0 Å². The Morgan fingerprint density at radius 3 is 2.79 bits per heavy atom. The fourth-order valence-electron chi connectivity index (χ4n) is 4.02. The molecule has 3 heterocycles. The van der Waals surface area contributed by atoms with E-state index >= 15 is 0 Å². The van der Waals surface area contributed by atoms with Crippen LogP contribution in [0.1, 0.15) is 32.6 Å². The zero-order valence-electron chi connectivity index (χ0n) is 17.7. The largest absolute Gasteiger partial charge is 0.363 e. The van der Waals surface area contributed by atoms with E-state index in [1.54, 1.807) is 0 Å². The topological polar surface area (TPSA) is 46.1 Å². The molecule has 2 aliphatic rings. The fraction of sp³-hybridized carbons (Fsp3) is 0.762. The van der Waals surface area contributed by atoms with Gasteiger partial charge in [0.15, 0.2) is 5.96 Å². The van der Waals surface area contributed by atoms with E-state index < -0.39 is 0 Å². The van der Waals surface area contributed by atoms with Crippen molar-refractivity contribution in [3.05, 3.63) is 17.5 Å². The standard InChI is InChI=1S/C21H38N6S/c1-3-22-21(23-10-5-12-26-13-6-11-25(2)16-17-26)24-19-8-14-27(15-9-19)20-7-4-18-28-20/h4,7,18-19H,3,5-6,8-17H2,1-2H3,(H2,22,23,24). The van der Waals surface area contributed by atoms with Gasteiger partial charge < -0.3 is 25.3 Å². The Morgan fingerprint density at radius 2 is 2.04 bits per heavy atom. The van der Waals surface area contributed by atoms with Crippen LogP contribution in [0.5, 0.6) is 0 Å². The van der Waals surface area contributed by atoms with Crippen LogP contribution in [0, 0.1) is 0 Å². The van der Waals surface area contributed by atoms with Crippen molar-refractivity contribution in [3.8, 4) is 0 Å². The second kappa shape index (κ2) is 11.6. The zero-order valence-corrected chi connectivity index (χ0v) is 18.5. The maximum atomic E-state index is 4.85. The summed E-state index contributed by atoms with van der Waals surface area (Å²) in [5.41, 5.74) is 0. The number of rotatable bonds is 7. The van der Waals surface area contributed by atoms with Crippen LogP contribution in [0.15, 0.2) is 22.5 Å². The Morgan fingerprint density at radius 1 is 1.18 bits per heavy atom. The molecule has 0 spiro atoms. The lowest BCUT2D eigenvalue weighted by atomic mass is 10.1. The Labute approximate surface area is 175 Å². The van der Waals surface area contributed by atoms with Gasteiger partial charge >= 0.3 is 0 Å². The SMILES string of the molecule is CCNC(=NCCCN1CCCN(C)CC1)NC1CCN(c2cccs2)CC1. The van der Waals surface area contributed by atoms with Gasteiger partial charge in [-0.2, -0.15) is 0 Å². The second-order valence-corrected chi connectivity index (χ2v) is 8.90. The summed E-state index contributed by atoms with van der Waals surface area (Å²) in [4.78, 5) is 12.4. The third-order valence-electron chi connectivity index (χ3n) is 5.71. The van der Waals surface area contributed by atoms with Crippen molar-refractivity contribution in [1.29, 1.82) is 0 Å². The van der Waals surface area contributed by atoms with Gasteiger partial charge in [-0.3, -0.25) is 4.99 Å². The predicted molar refractivity (Wildman–Crippen MR) is 122 cm³/mol. The first kappa shape index (κ1) is 21.4. The van der Waals surface area contributed by atoms with E-state index in [1.165, 1.54) is 50.4 Å². The summed E-state index contributed by atoms with van der Waals surface area (Å²) in [5.74, 6) is 0.993. The molecule has 0 amide bonds. The smallest absolute Gasteiger partial charge is 0.191 e. The first-order chi connectivity index (χ1) is 13.7. The third kappa shape index (κ3) is 6.94. The van der Waals surface area contributed by atoms with Crippen molar-refractivity contribution in [1.82, 2.24) is 20.4 Å². The summed E-state index contributed by atoms with van der Waals surface area (Å²) in [6.07, 6.45) is 4.76. The van der Waals surface area contributed by atoms with Crippen LogP contribution in [-0.2, 0) is 0 Å². The van der Waals surface area contributed by atoms with Crippen LogP contribution in [0.3, 0.4) is 0 Å². The highest BCUT2D eigenvalue weighted by atomic mass is 32.1. The monoisotopic (exact) mass is 406 g/mol. The summed E-state index contributed by atoms with van der Waals surface area (Å²) in [7, 11) is 2.23. The summed E-state index contributed by atoms with van der Waals surface area (Å²) in [6.45, 7) is 12.2. The third-order valence-corrected chi connectivity index (χ3v) is 6.64. The van der Waals surface area contributed by atoms with Crippen molar-refractivity contribution in [2.24, 2.45) is 4.99 Å². The predicted octanol–water partition coefficient (Wildman–Crippen LogP) is 2.30. The lowest BCUT2D eigenvalue weighted by molar-refractivity contribution is 0.275. The number of guanidine groups is 1. The molecule has 0 aliphatic carbocycles. The first-order valence-electron chi connectivity index (χ1n) is 11.0. The quantitative estimate of drug-likeness (QED) is 0.413. The van der Waals surface area contributed by atoms with Gasteiger partial charge in [0.25, 0.3) is 0 Å². The van der Waals surface area contributed by atoms with Gasteiger partial charge in [0, 0.05) is 45.3 Å². The molecule has 0 aromatic carbocycles. The summed E-state index contributed by atoms with van der Waals surface area (Å²) in [6, 6.07) is 4.89. The number of thiophene rings is 1. The number of aliphatic imine (C=N–C) groups is 1. The Hall–Kier alpha value is -1.31. The molecule has 3 rings (SSSR count). The second-order valence-electron chi connectivity index (χ2n) is 7.97. The number of hydrogen-bond acceptors (Lipinski definition) is 5. The van der Waals surface area contributed by atoms with E-state index in [1.807, 2.05) is 11.3 Å². The maximum absolute atomic E-state index is 4.85. The molecule has 2 fully saturated rings. The van der Waals surface area contributed by atoms with Crippen molar-refractivity contribution >= 4 is 22.3 Å². The van der Waals surface area contributed by atoms with Gasteiger partial charge in [-0.15, -0.1) is 11.3 Å². The van der Waals surface area contributed by atoms with Crippen LogP contribution in [0.2, 0.25) is 0 Å². The van der Waals surface area contributed by atoms with Crippen LogP contribution >= 0.6 is 11.3 Å². The Kier molecular flexibility index (Phi) is 8.89. The van der Waals surface area contributed by atoms with Crippen molar-refractivity contribution in [2.75, 3.05) is 70.9 Å². The van der Waals surface area contributed by atoms with Gasteiger partial charge in [-0.05, 0) is 76.8 Å². The molecule has 28 heavy (non-hydrogen) atoms. The zero-order chi connectivity index (χ0) is 19.6. The number of piperidine rings is 1. The van der Waals surface area contributed by atoms with Crippen molar-refractivity contribution in [2.45, 2.75) is 38.6 Å². The normalized spacial score (nSPS) is 20.9. The molecule has 0 bridgehead atoms. The van der Waals surface area contributed by atoms with E-state index in [2.05, 4.69) is 56.8 Å². The number of nitrogens with one attached hydrogen (secondary N) is 2. The van der Waals surface area contributed by atoms with Crippen molar-refractivity contribution < 1.29 is 0 Å². The molecule has 1 aromatic rings. The van der Waals surface area contributed by atoms with Gasteiger partial charge in [0.05, 0.1) is 5.00 Å². The number of likely N-dealkylation sites (N-methyl/N-ethyl adjacent to an activating group) is 1. The molecule has 0 unspecified atom stereocenters. The minimum absolute atomic E-state index is 0.523. The Bertz CT molecular complexity index is 567. The fourth-order valence-corrected chi connectivity index (χ4v) is 4.80. The molecule has 6 nitrogen and oxygen atoms in total. The number of hydrogen-bond donors (Lipinski definition) is 2. The summed E-state index contributed by atoms with van der Waals surface area (Å²) >= 11 is 1.84. The van der Waals surface area contributed by atoms with E-state index in [0.29, 0.717) is 6.04 Å². The van der Waals surface area contributed by atoms with Crippen LogP contribution in [0.25, 0.3) is 0 Å². The first-order valence-corrected chi connectivity index (χ1v) is 11.9. The molecule has 7 heteroatoms. The average Bonchev–Trinajstić information content (AvgIpc) is 3.16. The van der Waals surface area contributed by atoms with E-state index in [4.69, 9.17) is 4.99 Å². The van der Waals surface area contributed by atoms with Gasteiger partial charge in [-0.1, -0.05) is 0 Å². The minimum Gasteiger partial charge on any atom is -0.363 e. The molecule has 0 atom stereocenters. The molecule has 1 aromatic heterocycles. The lowest BCUT2D eigenvalue weighted by Gasteiger charge is -2.33. The number of nitrogens with zero attached hydrogens (tertiary/aromatic N) is 4. The lowest BCUT2D eigenvalue weighted by Crippen LogP contribution is -2.48. The highest BCUT2D eigenvalue weighted by molar-refractivity contribution is 7.14. The van der Waals surface area contributed by atoms with Crippen LogP contribution in [0.4, 0.5) is 5.00 Å². The molecule has 0 radical (unpaired) electrons. The van der Waals surface area contributed by atoms with Crippen molar-refractivity contribution in [3.63, 3.8) is 0 Å². The van der Waals surface area contributed by atoms with Gasteiger partial charge in [0.2, 0.25) is 0 Å². The van der Waals surface area contributed by atoms with Gasteiger partial charge in [-0.25, -0.2) is 0 Å². The highest BCUT2D eigenvalue weighted by Crippen LogP contribution is 2.24. The maximum Gasteiger partial charge on any atom is 0.191 e. The number of anilines is 1. The van der Waals surface area contributed by atoms with Gasteiger partial charge in [0.1, 0.15) is 0 Å². The molecule has 2 aliphatic heterocycles. The molecule has 2 N–H and O–H groups in total. The summed E-state index contributed by atoms with van der Waals surface area (Å²) in [5, 5.41) is 10.7. The Balaban J connectivity index is 1.38. The van der Waals surface area contributed by atoms with E-state index in [0.717, 1.165) is 45.1 Å². The summed E-state index contributed by atoms with van der Waals surface area (Å²) < 4.78 is 0. The molecule has 0 saturated carbocycles. The molecule has 2 saturated heterocycles. The molecule has 158 valence electrons. The van der Waals surface area contributed by atoms with E-state index in [9.17, 15) is 0 Å².